The van der Waals surface area contributed by atoms with Crippen LogP contribution in [0.3, 0.4) is 0 Å². The van der Waals surface area contributed by atoms with Crippen LogP contribution in [0, 0.1) is 5.92 Å². The molecule has 0 atom stereocenters. The largest absolute Gasteiger partial charge is 0.496 e. The number of benzene rings is 1. The fourth-order valence-corrected chi connectivity index (χ4v) is 2.00. The molecule has 0 radical (unpaired) electrons. The van der Waals surface area contributed by atoms with Crippen LogP contribution in [0.2, 0.25) is 0 Å². The van der Waals surface area contributed by atoms with Crippen molar-refractivity contribution < 1.29 is 9.47 Å². The van der Waals surface area contributed by atoms with E-state index in [9.17, 15) is 0 Å². The van der Waals surface area contributed by atoms with Crippen molar-refractivity contribution in [3.63, 3.8) is 0 Å². The van der Waals surface area contributed by atoms with Gasteiger partial charge in [-0.2, -0.15) is 0 Å². The van der Waals surface area contributed by atoms with Gasteiger partial charge in [0.05, 0.1) is 20.3 Å². The molecule has 0 aliphatic carbocycles. The van der Waals surface area contributed by atoms with Gasteiger partial charge in [-0.25, -0.2) is 4.99 Å². The third kappa shape index (κ3) is 9.97. The van der Waals surface area contributed by atoms with Crippen LogP contribution in [0.4, 0.5) is 0 Å². The smallest absolute Gasteiger partial charge is 0.191 e. The summed E-state index contributed by atoms with van der Waals surface area (Å²) in [6.45, 7) is 10.1. The fourth-order valence-electron chi connectivity index (χ4n) is 2.00. The summed E-state index contributed by atoms with van der Waals surface area (Å²) in [6.07, 6.45) is 1.10. The van der Waals surface area contributed by atoms with Gasteiger partial charge in [0.15, 0.2) is 5.96 Å². The maximum Gasteiger partial charge on any atom is 0.191 e. The first-order chi connectivity index (χ1) is 11.2. The number of ether oxygens (including phenoxy) is 2. The average molecular weight is 449 g/mol. The number of guanidine groups is 1. The summed E-state index contributed by atoms with van der Waals surface area (Å²) in [5.74, 6) is 2.35. The quantitative estimate of drug-likeness (QED) is 0.249. The summed E-state index contributed by atoms with van der Waals surface area (Å²) in [7, 11) is 1.68. The minimum absolute atomic E-state index is 0. The molecule has 24 heavy (non-hydrogen) atoms. The molecule has 0 spiro atoms. The van der Waals surface area contributed by atoms with Gasteiger partial charge in [0, 0.05) is 25.3 Å². The Hall–Kier alpha value is -1.02. The Kier molecular flexibility index (Phi) is 13.7. The molecule has 0 aromatic heterocycles. The lowest BCUT2D eigenvalue weighted by Crippen LogP contribution is -2.39. The molecule has 0 saturated carbocycles. The molecular weight excluding hydrogens is 417 g/mol. The first-order valence-corrected chi connectivity index (χ1v) is 8.39. The van der Waals surface area contributed by atoms with Gasteiger partial charge in [0.25, 0.3) is 0 Å². The number of nitrogens with one attached hydrogen (secondary N) is 2. The van der Waals surface area contributed by atoms with Crippen molar-refractivity contribution >= 4 is 29.9 Å². The van der Waals surface area contributed by atoms with Crippen LogP contribution in [-0.4, -0.2) is 39.4 Å². The topological polar surface area (TPSA) is 54.9 Å². The second kappa shape index (κ2) is 14.3. The van der Waals surface area contributed by atoms with Gasteiger partial charge in [-0.1, -0.05) is 32.0 Å². The summed E-state index contributed by atoms with van der Waals surface area (Å²) < 4.78 is 11.0. The molecule has 0 fully saturated rings. The van der Waals surface area contributed by atoms with Crippen LogP contribution in [-0.2, 0) is 11.3 Å². The molecule has 0 heterocycles. The van der Waals surface area contributed by atoms with Gasteiger partial charge >= 0.3 is 0 Å². The van der Waals surface area contributed by atoms with Crippen molar-refractivity contribution in [2.45, 2.75) is 33.7 Å². The molecule has 0 aliphatic rings. The van der Waals surface area contributed by atoms with Gasteiger partial charge in [0.1, 0.15) is 5.75 Å². The zero-order valence-electron chi connectivity index (χ0n) is 15.3. The molecular formula is C18H32IN3O2. The van der Waals surface area contributed by atoms with Crippen LogP contribution < -0.4 is 15.4 Å². The highest BCUT2D eigenvalue weighted by Crippen LogP contribution is 2.17. The molecule has 138 valence electrons. The second-order valence-electron chi connectivity index (χ2n) is 5.73. The number of rotatable bonds is 10. The molecule has 1 aromatic rings. The van der Waals surface area contributed by atoms with E-state index in [-0.39, 0.29) is 24.0 Å². The van der Waals surface area contributed by atoms with Crippen molar-refractivity contribution in [2.24, 2.45) is 10.9 Å². The fraction of sp³-hybridized carbons (Fsp3) is 0.611. The summed E-state index contributed by atoms with van der Waals surface area (Å²) in [5, 5.41) is 6.53. The van der Waals surface area contributed by atoms with E-state index in [4.69, 9.17) is 9.47 Å². The number of aliphatic imine (C=N–C) groups is 1. The zero-order valence-corrected chi connectivity index (χ0v) is 17.6. The predicted molar refractivity (Wildman–Crippen MR) is 112 cm³/mol. The standard InChI is InChI=1S/C18H31N3O2.HI/c1-5-19-18(20-11-13-23-12-10-15(2)3)21-14-16-8-6-7-9-17(16)22-4;/h6-9,15H,5,10-14H2,1-4H3,(H2,19,20,21);1H. The molecule has 1 rings (SSSR count). The van der Waals surface area contributed by atoms with E-state index < -0.39 is 0 Å². The highest BCUT2D eigenvalue weighted by molar-refractivity contribution is 14.0. The SMILES string of the molecule is CCNC(=NCc1ccccc1OC)NCCOCCC(C)C.I. The molecule has 0 aliphatic heterocycles. The minimum atomic E-state index is 0. The lowest BCUT2D eigenvalue weighted by molar-refractivity contribution is 0.128. The van der Waals surface area contributed by atoms with Crippen molar-refractivity contribution in [3.05, 3.63) is 29.8 Å². The summed E-state index contributed by atoms with van der Waals surface area (Å²) in [6, 6.07) is 7.94. The zero-order chi connectivity index (χ0) is 16.9. The molecule has 0 saturated heterocycles. The van der Waals surface area contributed by atoms with Gasteiger partial charge < -0.3 is 20.1 Å². The van der Waals surface area contributed by atoms with Crippen LogP contribution in [0.15, 0.2) is 29.3 Å². The number of para-hydroxylation sites is 1. The van der Waals surface area contributed by atoms with Crippen LogP contribution in [0.1, 0.15) is 32.8 Å². The lowest BCUT2D eigenvalue weighted by Gasteiger charge is -2.12. The van der Waals surface area contributed by atoms with Crippen molar-refractivity contribution in [1.82, 2.24) is 10.6 Å². The van der Waals surface area contributed by atoms with Crippen LogP contribution >= 0.6 is 24.0 Å². The third-order valence-corrected chi connectivity index (χ3v) is 3.32. The Morgan fingerprint density at radius 3 is 2.58 bits per heavy atom. The van der Waals surface area contributed by atoms with Crippen molar-refractivity contribution in [3.8, 4) is 5.75 Å². The van der Waals surface area contributed by atoms with E-state index in [2.05, 4.69) is 36.4 Å². The highest BCUT2D eigenvalue weighted by atomic mass is 127. The maximum absolute atomic E-state index is 5.61. The first-order valence-electron chi connectivity index (χ1n) is 8.39. The van der Waals surface area contributed by atoms with Crippen LogP contribution in [0.25, 0.3) is 0 Å². The third-order valence-electron chi connectivity index (χ3n) is 3.32. The lowest BCUT2D eigenvalue weighted by atomic mass is 10.1. The number of nitrogens with zero attached hydrogens (tertiary/aromatic N) is 1. The molecule has 0 unspecified atom stereocenters. The Bertz CT molecular complexity index is 467. The first kappa shape index (κ1) is 23.0. The maximum atomic E-state index is 5.61. The van der Waals surface area contributed by atoms with Gasteiger partial charge in [-0.05, 0) is 25.3 Å². The summed E-state index contributed by atoms with van der Waals surface area (Å²) >= 11 is 0. The van der Waals surface area contributed by atoms with E-state index in [1.807, 2.05) is 24.3 Å². The monoisotopic (exact) mass is 449 g/mol. The molecule has 5 nitrogen and oxygen atoms in total. The van der Waals surface area contributed by atoms with E-state index in [0.717, 1.165) is 43.4 Å². The van der Waals surface area contributed by atoms with E-state index >= 15 is 0 Å². The number of methoxy groups -OCH3 is 1. The number of halogens is 1. The van der Waals surface area contributed by atoms with Crippen molar-refractivity contribution in [1.29, 1.82) is 0 Å². The molecule has 0 amide bonds. The van der Waals surface area contributed by atoms with Gasteiger partial charge in [-0.15, -0.1) is 24.0 Å². The summed E-state index contributed by atoms with van der Waals surface area (Å²) in [4.78, 5) is 4.60. The highest BCUT2D eigenvalue weighted by Gasteiger charge is 2.02. The van der Waals surface area contributed by atoms with E-state index in [1.54, 1.807) is 7.11 Å². The Balaban J connectivity index is 0.00000529. The predicted octanol–water partition coefficient (Wildman–Crippen LogP) is 3.43. The number of hydrogen-bond acceptors (Lipinski definition) is 3. The molecule has 0 bridgehead atoms. The molecule has 2 N–H and O–H groups in total. The summed E-state index contributed by atoms with van der Waals surface area (Å²) in [5.41, 5.74) is 1.07. The average Bonchev–Trinajstić information content (AvgIpc) is 2.55. The normalized spacial score (nSPS) is 11.1. The Morgan fingerprint density at radius 1 is 1.17 bits per heavy atom. The van der Waals surface area contributed by atoms with Crippen molar-refractivity contribution in [2.75, 3.05) is 33.4 Å². The van der Waals surface area contributed by atoms with Gasteiger partial charge in [-0.3, -0.25) is 0 Å². The molecule has 6 heteroatoms. The van der Waals surface area contributed by atoms with Gasteiger partial charge in [0.2, 0.25) is 0 Å². The second-order valence-corrected chi connectivity index (χ2v) is 5.73. The van der Waals surface area contributed by atoms with E-state index in [0.29, 0.717) is 19.1 Å². The number of hydrogen-bond donors (Lipinski definition) is 2. The van der Waals surface area contributed by atoms with E-state index in [1.165, 1.54) is 0 Å². The Morgan fingerprint density at radius 2 is 1.92 bits per heavy atom. The van der Waals surface area contributed by atoms with Crippen LogP contribution in [0.5, 0.6) is 5.75 Å². The molecule has 1 aromatic carbocycles. The Labute approximate surface area is 163 Å². The minimum Gasteiger partial charge on any atom is -0.496 e.